The minimum atomic E-state index is -3.65. The fraction of sp³-hybridized carbons (Fsp3) is 1.00. The van der Waals surface area contributed by atoms with Gasteiger partial charge in [-0.3, -0.25) is 9.46 Å². The van der Waals surface area contributed by atoms with Gasteiger partial charge in [0.1, 0.15) is 6.23 Å². The first-order valence-electron chi connectivity index (χ1n) is 3.59. The topological polar surface area (TPSA) is 81.0 Å². The van der Waals surface area contributed by atoms with Gasteiger partial charge in [0.2, 0.25) is 0 Å². The second-order valence-corrected chi connectivity index (χ2v) is 4.54. The molecule has 13 heavy (non-hydrogen) atoms. The Labute approximate surface area is 122 Å². The van der Waals surface area contributed by atoms with Crippen molar-refractivity contribution in [2.45, 2.75) is 20.1 Å². The Morgan fingerprint density at radius 3 is 1.54 bits per heavy atom. The van der Waals surface area contributed by atoms with E-state index in [-0.39, 0.29) is 63.8 Å². The molecule has 0 aromatic rings. The molecule has 0 aliphatic rings. The van der Waals surface area contributed by atoms with Gasteiger partial charge >= 0.3 is 7.60 Å². The number of rotatable bonds is 2. The maximum atomic E-state index is 9.69. The Morgan fingerprint density at radius 2 is 1.54 bits per heavy atom. The van der Waals surface area contributed by atoms with E-state index >= 15 is 0 Å². The smallest absolute Gasteiger partial charge is 0.325 e. The van der Waals surface area contributed by atoms with E-state index in [0.29, 0.717) is 0 Å². The number of aliphatic hydroxyl groups is 1. The monoisotopic (exact) mass is 238 g/mol. The maximum absolute atomic E-state index is 9.69. The SMILES string of the molecule is CC(O)N(C)C.CCP(=O)(O)O.[K]. The van der Waals surface area contributed by atoms with E-state index in [1.807, 2.05) is 14.1 Å². The standard InChI is InChI=1S/C4H11NO.C2H7O3P.K/c1-4(6)5(2)3;1-2-6(3,4)5;/h4,6H,1-3H3;2H2,1H3,(H2,3,4,5);. The molecule has 0 fully saturated rings. The van der Waals surface area contributed by atoms with Crippen LogP contribution in [-0.4, -0.2) is 97.7 Å². The molecule has 0 aliphatic carbocycles. The zero-order valence-electron chi connectivity index (χ0n) is 8.93. The van der Waals surface area contributed by atoms with Gasteiger partial charge in [-0.2, -0.15) is 0 Å². The van der Waals surface area contributed by atoms with Crippen LogP contribution in [0.3, 0.4) is 0 Å². The Bertz CT molecular complexity index is 142. The van der Waals surface area contributed by atoms with Crippen LogP contribution in [0.1, 0.15) is 13.8 Å². The van der Waals surface area contributed by atoms with E-state index in [9.17, 15) is 4.57 Å². The number of aliphatic hydroxyl groups excluding tert-OH is 1. The van der Waals surface area contributed by atoms with Crippen molar-refractivity contribution < 1.29 is 19.5 Å². The van der Waals surface area contributed by atoms with Gasteiger partial charge in [0.25, 0.3) is 0 Å². The summed E-state index contributed by atoms with van der Waals surface area (Å²) in [5.74, 6) is 0. The molecule has 7 heteroatoms. The Kier molecular flexibility index (Phi) is 15.9. The van der Waals surface area contributed by atoms with Crippen LogP contribution in [0.15, 0.2) is 0 Å². The molecule has 0 aliphatic heterocycles. The van der Waals surface area contributed by atoms with Crippen molar-refractivity contribution in [3.8, 4) is 0 Å². The molecule has 0 aromatic carbocycles. The van der Waals surface area contributed by atoms with E-state index in [1.54, 1.807) is 11.8 Å². The van der Waals surface area contributed by atoms with Gasteiger partial charge in [-0.15, -0.1) is 0 Å². The van der Waals surface area contributed by atoms with Crippen LogP contribution in [0, 0.1) is 0 Å². The summed E-state index contributed by atoms with van der Waals surface area (Å²) in [6.07, 6.45) is -0.377. The van der Waals surface area contributed by atoms with E-state index in [1.165, 1.54) is 6.92 Å². The third-order valence-corrected chi connectivity index (χ3v) is 1.98. The van der Waals surface area contributed by atoms with Crippen molar-refractivity contribution in [1.82, 2.24) is 4.90 Å². The first-order chi connectivity index (χ1) is 5.20. The molecule has 77 valence electrons. The summed E-state index contributed by atoms with van der Waals surface area (Å²) in [7, 11) is 0.00154. The molecule has 0 rings (SSSR count). The number of nitrogens with zero attached hydrogens (tertiary/aromatic N) is 1. The average Bonchev–Trinajstić information content (AvgIpc) is 1.87. The molecular formula is C6H18KNO4P. The maximum Gasteiger partial charge on any atom is 0.325 e. The van der Waals surface area contributed by atoms with Crippen molar-refractivity contribution >= 4 is 59.0 Å². The molecule has 5 nitrogen and oxygen atoms in total. The molecule has 0 amide bonds. The second kappa shape index (κ2) is 10.2. The Hall–Kier alpha value is 1.71. The van der Waals surface area contributed by atoms with Gasteiger partial charge in [0.05, 0.1) is 0 Å². The van der Waals surface area contributed by atoms with Crippen LogP contribution in [0.5, 0.6) is 0 Å². The zero-order valence-corrected chi connectivity index (χ0v) is 12.9. The molecule has 1 unspecified atom stereocenters. The largest absolute Gasteiger partial charge is 0.379 e. The van der Waals surface area contributed by atoms with Crippen LogP contribution in [0.2, 0.25) is 0 Å². The molecule has 3 N–H and O–H groups in total. The first kappa shape index (κ1) is 20.2. The van der Waals surface area contributed by atoms with E-state index in [4.69, 9.17) is 14.9 Å². The molecule has 0 saturated carbocycles. The summed E-state index contributed by atoms with van der Waals surface area (Å²) < 4.78 is 9.69. The average molecular weight is 238 g/mol. The minimum absolute atomic E-state index is 0. The van der Waals surface area contributed by atoms with Crippen molar-refractivity contribution in [3.63, 3.8) is 0 Å². The quantitative estimate of drug-likeness (QED) is 0.349. The summed E-state index contributed by atoms with van der Waals surface area (Å²) in [6.45, 7) is 3.17. The van der Waals surface area contributed by atoms with Gasteiger partial charge in [0.15, 0.2) is 0 Å². The zero-order chi connectivity index (χ0) is 10.4. The van der Waals surface area contributed by atoms with Crippen molar-refractivity contribution in [1.29, 1.82) is 0 Å². The molecule has 0 heterocycles. The van der Waals surface area contributed by atoms with Gasteiger partial charge in [-0.25, -0.2) is 0 Å². The Morgan fingerprint density at radius 1 is 1.38 bits per heavy atom. The van der Waals surface area contributed by atoms with Crippen LogP contribution in [0.4, 0.5) is 0 Å². The summed E-state index contributed by atoms with van der Waals surface area (Å²) in [5, 5.41) is 8.56. The van der Waals surface area contributed by atoms with E-state index in [2.05, 4.69) is 0 Å². The van der Waals surface area contributed by atoms with E-state index < -0.39 is 7.60 Å². The number of hydrogen-bond donors (Lipinski definition) is 3. The summed E-state index contributed by atoms with van der Waals surface area (Å²) in [6, 6.07) is 0. The molecule has 0 spiro atoms. The van der Waals surface area contributed by atoms with E-state index in [0.717, 1.165) is 0 Å². The molecular weight excluding hydrogens is 220 g/mol. The van der Waals surface area contributed by atoms with Crippen molar-refractivity contribution in [2.75, 3.05) is 20.3 Å². The van der Waals surface area contributed by atoms with Crippen molar-refractivity contribution in [3.05, 3.63) is 0 Å². The predicted molar refractivity (Wildman–Crippen MR) is 53.7 cm³/mol. The second-order valence-electron chi connectivity index (χ2n) is 2.58. The number of hydrogen-bond acceptors (Lipinski definition) is 3. The van der Waals surface area contributed by atoms with Crippen LogP contribution in [0.25, 0.3) is 0 Å². The summed E-state index contributed by atoms with van der Waals surface area (Å²) >= 11 is 0. The van der Waals surface area contributed by atoms with Crippen LogP contribution < -0.4 is 0 Å². The van der Waals surface area contributed by atoms with Crippen molar-refractivity contribution in [2.24, 2.45) is 0 Å². The minimum Gasteiger partial charge on any atom is -0.379 e. The Balaban J connectivity index is -0.000000143. The summed E-state index contributed by atoms with van der Waals surface area (Å²) in [4.78, 5) is 17.6. The van der Waals surface area contributed by atoms with Gasteiger partial charge < -0.3 is 14.9 Å². The molecule has 0 bridgehead atoms. The molecule has 1 atom stereocenters. The molecule has 0 aromatic heterocycles. The summed E-state index contributed by atoms with van der Waals surface area (Å²) in [5.41, 5.74) is 0. The van der Waals surface area contributed by atoms with Gasteiger partial charge in [-0.1, -0.05) is 6.92 Å². The van der Waals surface area contributed by atoms with Crippen LogP contribution >= 0.6 is 7.60 Å². The molecule has 0 saturated heterocycles. The fourth-order valence-electron chi connectivity index (χ4n) is 0. The van der Waals surface area contributed by atoms with Gasteiger partial charge in [-0.05, 0) is 21.0 Å². The first-order valence-corrected chi connectivity index (χ1v) is 5.39. The van der Waals surface area contributed by atoms with Gasteiger partial charge in [0, 0.05) is 57.5 Å². The fourth-order valence-corrected chi connectivity index (χ4v) is 0. The normalized spacial score (nSPS) is 12.6. The third kappa shape index (κ3) is 24.8. The molecule has 1 radical (unpaired) electrons. The third-order valence-electron chi connectivity index (χ3n) is 1.16. The van der Waals surface area contributed by atoms with Crippen LogP contribution in [-0.2, 0) is 4.57 Å². The predicted octanol–water partition coefficient (Wildman–Crippen LogP) is -0.311.